The van der Waals surface area contributed by atoms with E-state index in [9.17, 15) is 40.2 Å². The molecule has 0 radical (unpaired) electrons. The number of phenolic OH excluding ortho intramolecular Hbond substituents is 4. The van der Waals surface area contributed by atoms with Crippen LogP contribution in [0.15, 0.2) is 84.9 Å². The van der Waals surface area contributed by atoms with Crippen LogP contribution in [0.1, 0.15) is 23.0 Å². The number of hydrogen-bond donors (Lipinski definition) is 6. The summed E-state index contributed by atoms with van der Waals surface area (Å²) in [5, 5.41) is 57.7. The minimum absolute atomic E-state index is 0.194. The van der Waals surface area contributed by atoms with Crippen LogP contribution in [-0.2, 0) is 9.59 Å². The second-order valence-electron chi connectivity index (χ2n) is 9.01. The number of phenols is 4. The SMILES string of the molecule is O=C(O)C(COc1ccc(Oc2ccc(OCC(C(=O)O)c3cc(O)cc(O)c3)cc2)cc1)c1cc(O)cc(O)c1. The van der Waals surface area contributed by atoms with Gasteiger partial charge < -0.3 is 44.8 Å². The van der Waals surface area contributed by atoms with E-state index in [1.807, 2.05) is 0 Å². The van der Waals surface area contributed by atoms with Crippen LogP contribution in [0.2, 0.25) is 0 Å². The average molecular weight is 563 g/mol. The number of aromatic hydroxyl groups is 4. The number of carboxylic acid groups (broad SMARTS) is 2. The van der Waals surface area contributed by atoms with Crippen LogP contribution in [0.3, 0.4) is 0 Å². The molecule has 0 aromatic heterocycles. The van der Waals surface area contributed by atoms with Crippen molar-refractivity contribution in [2.45, 2.75) is 11.8 Å². The van der Waals surface area contributed by atoms with Gasteiger partial charge in [0.05, 0.1) is 0 Å². The van der Waals surface area contributed by atoms with Crippen LogP contribution < -0.4 is 14.2 Å². The number of carbonyl (C=O) groups is 2. The van der Waals surface area contributed by atoms with Crippen molar-refractivity contribution in [3.05, 3.63) is 96.1 Å². The zero-order chi connectivity index (χ0) is 29.5. The normalized spacial score (nSPS) is 12.2. The number of benzene rings is 4. The lowest BCUT2D eigenvalue weighted by atomic mass is 9.99. The summed E-state index contributed by atoms with van der Waals surface area (Å²) in [7, 11) is 0. The second kappa shape index (κ2) is 12.5. The standard InChI is InChI=1S/C30H26O11/c31-19-9-17(10-20(32)13-19)27(29(35)36)15-39-23-1-5-25(6-2-23)41-26-7-3-24(4-8-26)40-16-28(30(37)38)18-11-21(33)14-22(34)12-18/h1-14,27-28,31-34H,15-16H2,(H,35,36)(H,37,38). The van der Waals surface area contributed by atoms with Crippen molar-refractivity contribution >= 4 is 11.9 Å². The molecule has 0 heterocycles. The van der Waals surface area contributed by atoms with Crippen LogP contribution in [0, 0.1) is 0 Å². The zero-order valence-corrected chi connectivity index (χ0v) is 21.4. The fraction of sp³-hybridized carbons (Fsp3) is 0.133. The number of ether oxygens (including phenoxy) is 3. The maximum absolute atomic E-state index is 11.7. The second-order valence-corrected chi connectivity index (χ2v) is 9.01. The molecule has 0 amide bonds. The van der Waals surface area contributed by atoms with Gasteiger partial charge in [0.1, 0.15) is 71.0 Å². The fourth-order valence-corrected chi connectivity index (χ4v) is 3.96. The fourth-order valence-electron chi connectivity index (χ4n) is 3.96. The van der Waals surface area contributed by atoms with Gasteiger partial charge in [-0.25, -0.2) is 0 Å². The maximum atomic E-state index is 11.7. The summed E-state index contributed by atoms with van der Waals surface area (Å²) >= 11 is 0. The number of aliphatic carboxylic acids is 2. The predicted octanol–water partition coefficient (Wildman–Crippen LogP) is 4.80. The van der Waals surface area contributed by atoms with Crippen LogP contribution in [0.25, 0.3) is 0 Å². The third kappa shape index (κ3) is 7.73. The maximum Gasteiger partial charge on any atom is 0.314 e. The first-order chi connectivity index (χ1) is 19.6. The number of hydrogen-bond acceptors (Lipinski definition) is 9. The van der Waals surface area contributed by atoms with Gasteiger partial charge in [-0.05, 0) is 83.9 Å². The Hall–Kier alpha value is -5.58. The van der Waals surface area contributed by atoms with Crippen molar-refractivity contribution in [3.63, 3.8) is 0 Å². The van der Waals surface area contributed by atoms with E-state index in [1.165, 1.54) is 24.3 Å². The van der Waals surface area contributed by atoms with Crippen LogP contribution >= 0.6 is 0 Å². The highest BCUT2D eigenvalue weighted by Crippen LogP contribution is 2.30. The zero-order valence-electron chi connectivity index (χ0n) is 21.4. The molecule has 11 heteroatoms. The van der Waals surface area contributed by atoms with Crippen molar-refractivity contribution in [2.75, 3.05) is 13.2 Å². The van der Waals surface area contributed by atoms with E-state index in [4.69, 9.17) is 14.2 Å². The molecule has 2 atom stereocenters. The van der Waals surface area contributed by atoms with Crippen LogP contribution in [0.5, 0.6) is 46.0 Å². The van der Waals surface area contributed by atoms with E-state index in [-0.39, 0.29) is 47.3 Å². The van der Waals surface area contributed by atoms with Gasteiger partial charge in [0.25, 0.3) is 0 Å². The van der Waals surface area contributed by atoms with E-state index in [2.05, 4.69) is 0 Å². The topological polar surface area (TPSA) is 183 Å². The molecule has 0 spiro atoms. The van der Waals surface area contributed by atoms with E-state index in [1.54, 1.807) is 48.5 Å². The summed E-state index contributed by atoms with van der Waals surface area (Å²) in [6, 6.07) is 20.1. The molecule has 0 aliphatic heterocycles. The summed E-state index contributed by atoms with van der Waals surface area (Å²) < 4.78 is 17.0. The minimum Gasteiger partial charge on any atom is -0.508 e. The van der Waals surface area contributed by atoms with Gasteiger partial charge in [0, 0.05) is 12.1 Å². The van der Waals surface area contributed by atoms with E-state index in [0.717, 1.165) is 12.1 Å². The highest BCUT2D eigenvalue weighted by atomic mass is 16.5. The molecule has 0 saturated heterocycles. The molecule has 0 aliphatic carbocycles. The van der Waals surface area contributed by atoms with Crippen LogP contribution in [0.4, 0.5) is 0 Å². The molecule has 0 bridgehead atoms. The first-order valence-electron chi connectivity index (χ1n) is 12.2. The molecule has 0 fully saturated rings. The lowest BCUT2D eigenvalue weighted by Crippen LogP contribution is -2.19. The van der Waals surface area contributed by atoms with Crippen molar-refractivity contribution in [2.24, 2.45) is 0 Å². The van der Waals surface area contributed by atoms with Gasteiger partial charge in [-0.1, -0.05) is 0 Å². The lowest BCUT2D eigenvalue weighted by molar-refractivity contribution is -0.140. The lowest BCUT2D eigenvalue weighted by Gasteiger charge is -2.16. The average Bonchev–Trinajstić information content (AvgIpc) is 2.89. The highest BCUT2D eigenvalue weighted by Gasteiger charge is 2.23. The Morgan fingerprint density at radius 2 is 0.805 bits per heavy atom. The molecule has 4 aromatic rings. The van der Waals surface area contributed by atoms with Gasteiger partial charge in [0.15, 0.2) is 0 Å². The molecule has 0 aliphatic rings. The summed E-state index contributed by atoms with van der Waals surface area (Å²) in [6.45, 7) is -0.482. The van der Waals surface area contributed by atoms with E-state index >= 15 is 0 Å². The smallest absolute Gasteiger partial charge is 0.314 e. The minimum atomic E-state index is -1.18. The van der Waals surface area contributed by atoms with Crippen LogP contribution in [-0.4, -0.2) is 55.8 Å². The summed E-state index contributed by atoms with van der Waals surface area (Å²) in [5.41, 5.74) is 0.388. The molecule has 4 rings (SSSR count). The Balaban J connectivity index is 1.33. The Bertz CT molecular complexity index is 1360. The number of carboxylic acids is 2. The molecule has 6 N–H and O–H groups in total. The molecule has 2 unspecified atom stereocenters. The molecule has 212 valence electrons. The largest absolute Gasteiger partial charge is 0.508 e. The van der Waals surface area contributed by atoms with E-state index in [0.29, 0.717) is 23.0 Å². The summed E-state index contributed by atoms with van der Waals surface area (Å²) in [4.78, 5) is 23.4. The molecule has 0 saturated carbocycles. The Morgan fingerprint density at radius 3 is 1.10 bits per heavy atom. The van der Waals surface area contributed by atoms with Crippen molar-refractivity contribution < 1.29 is 54.4 Å². The van der Waals surface area contributed by atoms with Gasteiger partial charge in [0.2, 0.25) is 0 Å². The molecule has 41 heavy (non-hydrogen) atoms. The van der Waals surface area contributed by atoms with Gasteiger partial charge in [-0.3, -0.25) is 9.59 Å². The van der Waals surface area contributed by atoms with Crippen molar-refractivity contribution in [1.82, 2.24) is 0 Å². The third-order valence-electron chi connectivity index (χ3n) is 5.97. The Morgan fingerprint density at radius 1 is 0.512 bits per heavy atom. The molecule has 4 aromatic carbocycles. The highest BCUT2D eigenvalue weighted by molar-refractivity contribution is 5.77. The third-order valence-corrected chi connectivity index (χ3v) is 5.97. The quantitative estimate of drug-likeness (QED) is 0.139. The van der Waals surface area contributed by atoms with Crippen molar-refractivity contribution in [3.8, 4) is 46.0 Å². The Kier molecular flexibility index (Phi) is 8.68. The first kappa shape index (κ1) is 28.4. The predicted molar refractivity (Wildman–Crippen MR) is 144 cm³/mol. The van der Waals surface area contributed by atoms with E-state index < -0.39 is 23.8 Å². The van der Waals surface area contributed by atoms with Crippen molar-refractivity contribution in [1.29, 1.82) is 0 Å². The molecular weight excluding hydrogens is 536 g/mol. The van der Waals surface area contributed by atoms with Gasteiger partial charge >= 0.3 is 11.9 Å². The monoisotopic (exact) mass is 562 g/mol. The van der Waals surface area contributed by atoms with Gasteiger partial charge in [-0.2, -0.15) is 0 Å². The first-order valence-corrected chi connectivity index (χ1v) is 12.2. The summed E-state index contributed by atoms with van der Waals surface area (Å²) in [6.07, 6.45) is 0. The summed E-state index contributed by atoms with van der Waals surface area (Å²) in [5.74, 6) is -3.95. The molecule has 11 nitrogen and oxygen atoms in total. The van der Waals surface area contributed by atoms with Gasteiger partial charge in [-0.15, -0.1) is 0 Å². The molecular formula is C30H26O11. The number of rotatable bonds is 12. The Labute approximate surface area is 233 Å².